The summed E-state index contributed by atoms with van der Waals surface area (Å²) in [6.45, 7) is 1.16. The lowest BCUT2D eigenvalue weighted by Gasteiger charge is -2.18. The van der Waals surface area contributed by atoms with E-state index in [2.05, 4.69) is 56.0 Å². The van der Waals surface area contributed by atoms with Crippen LogP contribution in [0, 0.1) is 5.92 Å². The Kier molecular flexibility index (Phi) is 2.59. The number of H-pyrrole nitrogens is 1. The zero-order chi connectivity index (χ0) is 15.4. The Hall–Kier alpha value is -2.69. The van der Waals surface area contributed by atoms with Crippen molar-refractivity contribution in [1.82, 2.24) is 15.0 Å². The second-order valence-electron chi connectivity index (χ2n) is 6.52. The van der Waals surface area contributed by atoms with Gasteiger partial charge in [-0.1, -0.05) is 0 Å². The van der Waals surface area contributed by atoms with Gasteiger partial charge in [0.1, 0.15) is 17.8 Å². The average molecular weight is 304 g/mol. The zero-order valence-electron chi connectivity index (χ0n) is 13.0. The molecule has 0 saturated heterocycles. The Morgan fingerprint density at radius 3 is 3.00 bits per heavy atom. The van der Waals surface area contributed by atoms with E-state index >= 15 is 0 Å². The molecule has 0 atom stereocenters. The Morgan fingerprint density at radius 1 is 1.26 bits per heavy atom. The van der Waals surface area contributed by atoms with Crippen LogP contribution in [-0.2, 0) is 0 Å². The van der Waals surface area contributed by atoms with E-state index in [1.165, 1.54) is 24.0 Å². The van der Waals surface area contributed by atoms with Crippen molar-refractivity contribution in [2.24, 2.45) is 5.92 Å². The van der Waals surface area contributed by atoms with Gasteiger partial charge in [0.15, 0.2) is 19.0 Å². The first-order valence-electron chi connectivity index (χ1n) is 8.06. The van der Waals surface area contributed by atoms with Crippen LogP contribution in [0.3, 0.4) is 0 Å². The molecular weight excluding hydrogens is 286 g/mol. The molecule has 0 bridgehead atoms. The number of hydrogen-bond acceptors (Lipinski definition) is 3. The van der Waals surface area contributed by atoms with Gasteiger partial charge in [0.2, 0.25) is 0 Å². The summed E-state index contributed by atoms with van der Waals surface area (Å²) in [5.41, 5.74) is 4.63. The van der Waals surface area contributed by atoms with Gasteiger partial charge in [0, 0.05) is 24.9 Å². The molecule has 0 aromatic carbocycles. The lowest BCUT2D eigenvalue weighted by atomic mass is 10.2. The SMILES string of the molecule is CN(C1=CC2=C[N+](CC3CC3)=CC2=C1)c1ncnc2[nH]ccc12. The number of hydrogen-bond donors (Lipinski definition) is 1. The molecule has 0 radical (unpaired) electrons. The van der Waals surface area contributed by atoms with Gasteiger partial charge in [-0.2, -0.15) is 0 Å². The van der Waals surface area contributed by atoms with Crippen LogP contribution in [0.15, 0.2) is 53.8 Å². The van der Waals surface area contributed by atoms with Crippen molar-refractivity contribution in [3.8, 4) is 0 Å². The molecule has 23 heavy (non-hydrogen) atoms. The van der Waals surface area contributed by atoms with Gasteiger partial charge < -0.3 is 9.88 Å². The Morgan fingerprint density at radius 2 is 2.17 bits per heavy atom. The molecule has 3 heterocycles. The first-order chi connectivity index (χ1) is 11.3. The van der Waals surface area contributed by atoms with Gasteiger partial charge in [0.25, 0.3) is 0 Å². The van der Waals surface area contributed by atoms with Gasteiger partial charge in [0.05, 0.1) is 16.5 Å². The largest absolute Gasteiger partial charge is 0.346 e. The van der Waals surface area contributed by atoms with Gasteiger partial charge in [-0.15, -0.1) is 0 Å². The van der Waals surface area contributed by atoms with Crippen LogP contribution in [0.2, 0.25) is 0 Å². The van der Waals surface area contributed by atoms with E-state index in [4.69, 9.17) is 0 Å². The maximum atomic E-state index is 4.46. The lowest BCUT2D eigenvalue weighted by Crippen LogP contribution is -2.16. The summed E-state index contributed by atoms with van der Waals surface area (Å²) >= 11 is 0. The van der Waals surface area contributed by atoms with Crippen molar-refractivity contribution >= 4 is 23.1 Å². The molecule has 2 aromatic rings. The highest BCUT2D eigenvalue weighted by molar-refractivity contribution is 5.91. The van der Waals surface area contributed by atoms with E-state index in [0.29, 0.717) is 0 Å². The highest BCUT2D eigenvalue weighted by Crippen LogP contribution is 2.33. The molecule has 114 valence electrons. The number of rotatable bonds is 4. The second-order valence-corrected chi connectivity index (χ2v) is 6.52. The third-order valence-corrected chi connectivity index (χ3v) is 4.75. The standard InChI is InChI=1S/C18H18N5/c1-22(18-16-4-5-19-17(16)20-11-21-18)15-6-13-9-23(8-12-2-3-12)10-14(13)7-15/h4-7,9-12H,2-3,8H2,1H3,(H,19,20,21)/q+1. The summed E-state index contributed by atoms with van der Waals surface area (Å²) in [5, 5.41) is 1.04. The Balaban J connectivity index is 1.45. The predicted octanol–water partition coefficient (Wildman–Crippen LogP) is 2.61. The Labute approximate surface area is 134 Å². The average Bonchev–Trinajstić information content (AvgIpc) is 2.96. The molecular formula is C18H18N5+. The monoisotopic (exact) mass is 304 g/mol. The third kappa shape index (κ3) is 2.11. The summed E-state index contributed by atoms with van der Waals surface area (Å²) in [6.07, 6.45) is 15.3. The summed E-state index contributed by atoms with van der Waals surface area (Å²) in [5.74, 6) is 1.83. The van der Waals surface area contributed by atoms with Gasteiger partial charge in [-0.25, -0.2) is 14.5 Å². The number of anilines is 1. The van der Waals surface area contributed by atoms with Crippen LogP contribution in [0.4, 0.5) is 5.82 Å². The van der Waals surface area contributed by atoms with Gasteiger partial charge in [-0.05, 0) is 31.1 Å². The summed E-state index contributed by atoms with van der Waals surface area (Å²) in [4.78, 5) is 14.0. The molecule has 1 aliphatic heterocycles. The molecule has 2 aliphatic carbocycles. The topological polar surface area (TPSA) is 47.8 Å². The number of nitrogens with zero attached hydrogens (tertiary/aromatic N) is 4. The van der Waals surface area contributed by atoms with E-state index in [9.17, 15) is 0 Å². The molecule has 1 fully saturated rings. The van der Waals surface area contributed by atoms with Crippen LogP contribution in [0.25, 0.3) is 11.0 Å². The van der Waals surface area contributed by atoms with Crippen LogP contribution >= 0.6 is 0 Å². The quantitative estimate of drug-likeness (QED) is 0.883. The predicted molar refractivity (Wildman–Crippen MR) is 90.5 cm³/mol. The molecule has 5 heteroatoms. The van der Waals surface area contributed by atoms with Crippen LogP contribution in [0.5, 0.6) is 0 Å². The number of nitrogens with one attached hydrogen (secondary N) is 1. The Bertz CT molecular complexity index is 924. The van der Waals surface area contributed by atoms with Gasteiger partial charge >= 0.3 is 0 Å². The van der Waals surface area contributed by atoms with Gasteiger partial charge in [-0.3, -0.25) is 0 Å². The molecule has 5 nitrogen and oxygen atoms in total. The molecule has 3 aliphatic rings. The smallest absolute Gasteiger partial charge is 0.176 e. The number of likely N-dealkylation sites (N-methyl/N-ethyl adjacent to an activating group) is 1. The van der Waals surface area contributed by atoms with Crippen LogP contribution in [-0.4, -0.2) is 39.3 Å². The minimum absolute atomic E-state index is 0.870. The minimum Gasteiger partial charge on any atom is -0.346 e. The van der Waals surface area contributed by atoms with Crippen molar-refractivity contribution in [3.05, 3.63) is 53.8 Å². The van der Waals surface area contributed by atoms with Crippen molar-refractivity contribution in [2.75, 3.05) is 18.5 Å². The molecule has 0 unspecified atom stereocenters. The van der Waals surface area contributed by atoms with Crippen LogP contribution < -0.4 is 4.90 Å². The number of aromatic nitrogens is 3. The van der Waals surface area contributed by atoms with Crippen LogP contribution in [0.1, 0.15) is 12.8 Å². The molecule has 1 saturated carbocycles. The molecule has 0 spiro atoms. The molecule has 2 aromatic heterocycles. The van der Waals surface area contributed by atoms with Crippen molar-refractivity contribution in [3.63, 3.8) is 0 Å². The van der Waals surface area contributed by atoms with E-state index in [1.807, 2.05) is 12.3 Å². The summed E-state index contributed by atoms with van der Waals surface area (Å²) in [7, 11) is 2.06. The summed E-state index contributed by atoms with van der Waals surface area (Å²) in [6, 6.07) is 2.02. The van der Waals surface area contributed by atoms with E-state index in [0.717, 1.165) is 35.0 Å². The molecule has 5 rings (SSSR count). The fourth-order valence-corrected chi connectivity index (χ4v) is 3.29. The van der Waals surface area contributed by atoms with Crippen molar-refractivity contribution < 1.29 is 4.58 Å². The van der Waals surface area contributed by atoms with E-state index < -0.39 is 0 Å². The first kappa shape index (κ1) is 12.8. The van der Waals surface area contributed by atoms with Crippen molar-refractivity contribution in [1.29, 1.82) is 0 Å². The normalized spacial score (nSPS) is 19.3. The third-order valence-electron chi connectivity index (χ3n) is 4.75. The van der Waals surface area contributed by atoms with E-state index in [1.54, 1.807) is 6.33 Å². The highest BCUT2D eigenvalue weighted by Gasteiger charge is 2.30. The number of allylic oxidation sites excluding steroid dienone is 4. The molecule has 0 amide bonds. The zero-order valence-corrected chi connectivity index (χ0v) is 13.0. The summed E-state index contributed by atoms with van der Waals surface area (Å²) < 4.78 is 2.33. The fraction of sp³-hybridized carbons (Fsp3) is 0.278. The fourth-order valence-electron chi connectivity index (χ4n) is 3.29. The van der Waals surface area contributed by atoms with Crippen molar-refractivity contribution in [2.45, 2.75) is 12.8 Å². The maximum absolute atomic E-state index is 4.46. The molecule has 1 N–H and O–H groups in total. The lowest BCUT2D eigenvalue weighted by molar-refractivity contribution is -0.453. The van der Waals surface area contributed by atoms with E-state index in [-0.39, 0.29) is 0 Å². The highest BCUT2D eigenvalue weighted by atomic mass is 15.2. The maximum Gasteiger partial charge on any atom is 0.176 e. The minimum atomic E-state index is 0.870. The number of aromatic amines is 1. The second kappa shape index (κ2) is 4.65. The first-order valence-corrected chi connectivity index (χ1v) is 8.06. The number of fused-ring (bicyclic) bond motifs is 2.